The average Bonchev–Trinajstić information content (AvgIpc) is 2.64. The summed E-state index contributed by atoms with van der Waals surface area (Å²) in [6, 6.07) is 9.91. The zero-order chi connectivity index (χ0) is 20.5. The van der Waals surface area contributed by atoms with Crippen molar-refractivity contribution in [3.05, 3.63) is 57.0 Å². The van der Waals surface area contributed by atoms with Gasteiger partial charge in [0.05, 0.1) is 10.7 Å². The molecule has 5 nitrogen and oxygen atoms in total. The summed E-state index contributed by atoms with van der Waals surface area (Å²) in [7, 11) is -3.76. The average molecular weight is 486 g/mol. The van der Waals surface area contributed by atoms with Gasteiger partial charge in [0.15, 0.2) is 0 Å². The lowest BCUT2D eigenvalue weighted by Gasteiger charge is -2.30. The highest BCUT2D eigenvalue weighted by atomic mass is 79.9. The van der Waals surface area contributed by atoms with Crippen LogP contribution >= 0.6 is 27.5 Å². The van der Waals surface area contributed by atoms with Crippen molar-refractivity contribution in [3.8, 4) is 0 Å². The standard InChI is InChI=1S/C20H22BrClN2O3S/c1-13-5-8-18(16(21)10-13)23-20(25)15-6-7-17(22)19(11-15)28(26,27)24-9-3-4-14(2)12-24/h5-8,10-11,14H,3-4,9,12H2,1-2H3,(H,23,25). The molecule has 0 saturated carbocycles. The normalized spacial score (nSPS) is 18.1. The molecule has 2 aromatic carbocycles. The van der Waals surface area contributed by atoms with Gasteiger partial charge in [0.25, 0.3) is 5.91 Å². The minimum absolute atomic E-state index is 0.0288. The van der Waals surface area contributed by atoms with Crippen molar-refractivity contribution < 1.29 is 13.2 Å². The van der Waals surface area contributed by atoms with Crippen molar-refractivity contribution in [1.82, 2.24) is 4.31 Å². The summed E-state index contributed by atoms with van der Waals surface area (Å²) >= 11 is 9.62. The largest absolute Gasteiger partial charge is 0.321 e. The second kappa shape index (κ2) is 8.53. The molecule has 1 aliphatic rings. The van der Waals surface area contributed by atoms with Crippen LogP contribution in [0.5, 0.6) is 0 Å². The lowest BCUT2D eigenvalue weighted by Crippen LogP contribution is -2.39. The molecule has 2 aromatic rings. The highest BCUT2D eigenvalue weighted by molar-refractivity contribution is 9.10. The number of carbonyl (C=O) groups is 1. The molecule has 1 heterocycles. The Morgan fingerprint density at radius 1 is 1.25 bits per heavy atom. The third-order valence-electron chi connectivity index (χ3n) is 4.80. The Bertz CT molecular complexity index is 1010. The SMILES string of the molecule is Cc1ccc(NC(=O)c2ccc(Cl)c(S(=O)(=O)N3CCCC(C)C3)c2)c(Br)c1. The number of piperidine rings is 1. The van der Waals surface area contributed by atoms with E-state index in [0.717, 1.165) is 22.9 Å². The van der Waals surface area contributed by atoms with Gasteiger partial charge in [-0.1, -0.05) is 24.6 Å². The maximum absolute atomic E-state index is 13.1. The molecule has 1 aliphatic heterocycles. The van der Waals surface area contributed by atoms with Crippen LogP contribution in [-0.4, -0.2) is 31.7 Å². The summed E-state index contributed by atoms with van der Waals surface area (Å²) in [5.41, 5.74) is 1.90. The smallest absolute Gasteiger partial charge is 0.255 e. The van der Waals surface area contributed by atoms with Crippen molar-refractivity contribution in [2.75, 3.05) is 18.4 Å². The molecule has 0 aromatic heterocycles. The van der Waals surface area contributed by atoms with Crippen LogP contribution in [0.25, 0.3) is 0 Å². The molecule has 8 heteroatoms. The summed E-state index contributed by atoms with van der Waals surface area (Å²) < 4.78 is 28.4. The van der Waals surface area contributed by atoms with Gasteiger partial charge in [0.1, 0.15) is 4.90 Å². The second-order valence-corrected chi connectivity index (χ2v) is 10.4. The van der Waals surface area contributed by atoms with Gasteiger partial charge in [-0.25, -0.2) is 8.42 Å². The predicted molar refractivity (Wildman–Crippen MR) is 115 cm³/mol. The number of sulfonamides is 1. The van der Waals surface area contributed by atoms with Crippen molar-refractivity contribution in [2.24, 2.45) is 5.92 Å². The number of nitrogens with zero attached hydrogens (tertiary/aromatic N) is 1. The van der Waals surface area contributed by atoms with Crippen molar-refractivity contribution in [2.45, 2.75) is 31.6 Å². The molecule has 28 heavy (non-hydrogen) atoms. The predicted octanol–water partition coefficient (Wildman–Crippen LogP) is 5.08. The first kappa shape index (κ1) is 21.3. The lowest BCUT2D eigenvalue weighted by molar-refractivity contribution is 0.102. The molecule has 1 fully saturated rings. The van der Waals surface area contributed by atoms with Crippen LogP contribution in [0.3, 0.4) is 0 Å². The van der Waals surface area contributed by atoms with Gasteiger partial charge < -0.3 is 5.32 Å². The molecule has 0 bridgehead atoms. The number of anilines is 1. The van der Waals surface area contributed by atoms with Crippen molar-refractivity contribution in [3.63, 3.8) is 0 Å². The Hall–Kier alpha value is -1.41. The number of hydrogen-bond acceptors (Lipinski definition) is 3. The second-order valence-electron chi connectivity index (χ2n) is 7.19. The third kappa shape index (κ3) is 4.59. The zero-order valence-corrected chi connectivity index (χ0v) is 18.9. The maximum atomic E-state index is 13.1. The number of carbonyl (C=O) groups excluding carboxylic acids is 1. The molecule has 1 atom stereocenters. The van der Waals surface area contributed by atoms with Crippen LogP contribution in [0.1, 0.15) is 35.7 Å². The van der Waals surface area contributed by atoms with Crippen LogP contribution in [0.4, 0.5) is 5.69 Å². The van der Waals surface area contributed by atoms with Crippen LogP contribution in [0.2, 0.25) is 5.02 Å². The first-order chi connectivity index (χ1) is 13.2. The Morgan fingerprint density at radius 2 is 2.00 bits per heavy atom. The zero-order valence-electron chi connectivity index (χ0n) is 15.7. The van der Waals surface area contributed by atoms with Gasteiger partial charge in [-0.2, -0.15) is 4.31 Å². The summed E-state index contributed by atoms with van der Waals surface area (Å²) in [5, 5.41) is 2.92. The Kier molecular flexibility index (Phi) is 6.49. The van der Waals surface area contributed by atoms with Gasteiger partial charge in [-0.05, 0) is 77.5 Å². The van der Waals surface area contributed by atoms with E-state index in [1.807, 2.05) is 26.0 Å². The van der Waals surface area contributed by atoms with E-state index in [4.69, 9.17) is 11.6 Å². The minimum Gasteiger partial charge on any atom is -0.321 e. The van der Waals surface area contributed by atoms with Crippen LogP contribution < -0.4 is 5.32 Å². The first-order valence-corrected chi connectivity index (χ1v) is 11.7. The molecule has 1 N–H and O–H groups in total. The van der Waals surface area contributed by atoms with Crippen LogP contribution in [0, 0.1) is 12.8 Å². The van der Waals surface area contributed by atoms with Gasteiger partial charge >= 0.3 is 0 Å². The molecule has 3 rings (SSSR count). The van der Waals surface area contributed by atoms with Gasteiger partial charge in [-0.3, -0.25) is 4.79 Å². The lowest BCUT2D eigenvalue weighted by atomic mass is 10.0. The number of hydrogen-bond donors (Lipinski definition) is 1. The molecule has 0 aliphatic carbocycles. The molecule has 1 saturated heterocycles. The number of amides is 1. The fourth-order valence-corrected chi connectivity index (χ4v) is 5.95. The van der Waals surface area contributed by atoms with E-state index in [9.17, 15) is 13.2 Å². The molecule has 1 amide bonds. The number of nitrogens with one attached hydrogen (secondary N) is 1. The Morgan fingerprint density at radius 3 is 2.68 bits per heavy atom. The molecular formula is C20H22BrClN2O3S. The van der Waals surface area contributed by atoms with Gasteiger partial charge in [0, 0.05) is 23.1 Å². The highest BCUT2D eigenvalue weighted by Crippen LogP contribution is 2.30. The molecular weight excluding hydrogens is 464 g/mol. The summed E-state index contributed by atoms with van der Waals surface area (Å²) in [5.74, 6) is -0.0997. The number of aryl methyl sites for hydroxylation is 1. The van der Waals surface area contributed by atoms with E-state index in [2.05, 4.69) is 21.2 Å². The Labute approximate surface area is 179 Å². The van der Waals surface area contributed by atoms with E-state index in [-0.39, 0.29) is 15.5 Å². The fourth-order valence-electron chi connectivity index (χ4n) is 3.26. The van der Waals surface area contributed by atoms with Crippen molar-refractivity contribution >= 4 is 49.1 Å². The number of rotatable bonds is 4. The summed E-state index contributed by atoms with van der Waals surface area (Å²) in [4.78, 5) is 12.7. The number of halogens is 2. The quantitative estimate of drug-likeness (QED) is 0.656. The van der Waals surface area contributed by atoms with E-state index in [1.54, 1.807) is 6.07 Å². The van der Waals surface area contributed by atoms with Crippen LogP contribution in [0.15, 0.2) is 45.8 Å². The minimum atomic E-state index is -3.76. The monoisotopic (exact) mass is 484 g/mol. The van der Waals surface area contributed by atoms with E-state index >= 15 is 0 Å². The molecule has 0 spiro atoms. The Balaban J connectivity index is 1.89. The topological polar surface area (TPSA) is 66.5 Å². The number of benzene rings is 2. The summed E-state index contributed by atoms with van der Waals surface area (Å²) in [6.45, 7) is 4.92. The van der Waals surface area contributed by atoms with Crippen LogP contribution in [-0.2, 0) is 10.0 Å². The van der Waals surface area contributed by atoms with Gasteiger partial charge in [0.2, 0.25) is 10.0 Å². The highest BCUT2D eigenvalue weighted by Gasteiger charge is 2.31. The van der Waals surface area contributed by atoms with Gasteiger partial charge in [-0.15, -0.1) is 0 Å². The summed E-state index contributed by atoms with van der Waals surface area (Å²) in [6.07, 6.45) is 1.83. The maximum Gasteiger partial charge on any atom is 0.255 e. The van der Waals surface area contributed by atoms with E-state index in [1.165, 1.54) is 22.5 Å². The first-order valence-electron chi connectivity index (χ1n) is 9.05. The fraction of sp³-hybridized carbons (Fsp3) is 0.350. The van der Waals surface area contributed by atoms with E-state index in [0.29, 0.717) is 24.7 Å². The third-order valence-corrected chi connectivity index (χ3v) is 7.81. The molecule has 150 valence electrons. The van der Waals surface area contributed by atoms with Crippen molar-refractivity contribution in [1.29, 1.82) is 0 Å². The molecule has 1 unspecified atom stereocenters. The molecule has 0 radical (unpaired) electrons. The van der Waals surface area contributed by atoms with E-state index < -0.39 is 15.9 Å².